The quantitative estimate of drug-likeness (QED) is 0.533. The smallest absolute Gasteiger partial charge is 0.227 e. The summed E-state index contributed by atoms with van der Waals surface area (Å²) in [5, 5.41) is 2.14. The second-order valence-corrected chi connectivity index (χ2v) is 1.47. The third-order valence-electron chi connectivity index (χ3n) is 0.858. The maximum absolute atomic E-state index is 10.1. The van der Waals surface area contributed by atoms with Gasteiger partial charge in [-0.25, -0.2) is 0 Å². The average Bonchev–Trinajstić information content (AvgIpc) is 1.87. The van der Waals surface area contributed by atoms with Crippen molar-refractivity contribution in [3.05, 3.63) is 0 Å². The molecular formula is C4H7Cl2NO2. The Bertz CT molecular complexity index is 112. The van der Waals surface area contributed by atoms with Crippen LogP contribution in [0.5, 0.6) is 0 Å². The van der Waals surface area contributed by atoms with E-state index in [1.807, 2.05) is 0 Å². The van der Waals surface area contributed by atoms with Gasteiger partial charge in [-0.3, -0.25) is 14.9 Å². The van der Waals surface area contributed by atoms with Crippen molar-refractivity contribution in [1.82, 2.24) is 5.32 Å². The molecule has 0 bridgehead atoms. The zero-order valence-electron chi connectivity index (χ0n) is 4.55. The van der Waals surface area contributed by atoms with Crippen LogP contribution in [-0.4, -0.2) is 11.8 Å². The molecule has 0 radical (unpaired) electrons. The lowest BCUT2D eigenvalue weighted by Gasteiger charge is -1.79. The van der Waals surface area contributed by atoms with Crippen LogP contribution in [0.2, 0.25) is 0 Å². The number of rotatable bonds is 0. The molecule has 0 atom stereocenters. The van der Waals surface area contributed by atoms with Gasteiger partial charge in [-0.1, -0.05) is 0 Å². The zero-order valence-corrected chi connectivity index (χ0v) is 6.18. The first-order valence-corrected chi connectivity index (χ1v) is 2.12. The number of nitrogens with one attached hydrogen (secondary N) is 1. The third kappa shape index (κ3) is 3.32. The summed E-state index contributed by atoms with van der Waals surface area (Å²) in [7, 11) is 0. The molecule has 1 aliphatic rings. The van der Waals surface area contributed by atoms with E-state index in [4.69, 9.17) is 0 Å². The van der Waals surface area contributed by atoms with E-state index < -0.39 is 0 Å². The van der Waals surface area contributed by atoms with Crippen LogP contribution in [0.25, 0.3) is 0 Å². The molecule has 5 heteroatoms. The lowest BCUT2D eigenvalue weighted by atomic mass is 10.4. The largest absolute Gasteiger partial charge is 0.296 e. The van der Waals surface area contributed by atoms with E-state index in [-0.39, 0.29) is 36.6 Å². The van der Waals surface area contributed by atoms with Crippen LogP contribution < -0.4 is 5.32 Å². The second kappa shape index (κ2) is 4.58. The van der Waals surface area contributed by atoms with Gasteiger partial charge in [0.05, 0.1) is 0 Å². The minimum Gasteiger partial charge on any atom is -0.296 e. The number of halogens is 2. The highest BCUT2D eigenvalue weighted by Crippen LogP contribution is 1.95. The van der Waals surface area contributed by atoms with Crippen molar-refractivity contribution in [1.29, 1.82) is 0 Å². The van der Waals surface area contributed by atoms with Gasteiger partial charge in [0.1, 0.15) is 0 Å². The summed E-state index contributed by atoms with van der Waals surface area (Å²) in [6, 6.07) is 0. The van der Waals surface area contributed by atoms with Crippen molar-refractivity contribution >= 4 is 36.6 Å². The van der Waals surface area contributed by atoms with E-state index in [0.29, 0.717) is 12.8 Å². The van der Waals surface area contributed by atoms with Crippen LogP contribution in [0.1, 0.15) is 12.8 Å². The SMILES string of the molecule is Cl.Cl.O=C1CCC(=O)N1. The summed E-state index contributed by atoms with van der Waals surface area (Å²) in [6.07, 6.45) is 0.748. The van der Waals surface area contributed by atoms with Crippen molar-refractivity contribution in [3.63, 3.8) is 0 Å². The van der Waals surface area contributed by atoms with Gasteiger partial charge in [-0.05, 0) is 0 Å². The molecule has 0 aliphatic carbocycles. The molecule has 0 saturated carbocycles. The maximum Gasteiger partial charge on any atom is 0.227 e. The molecule has 0 spiro atoms. The number of carbonyl (C=O) groups excluding carboxylic acids is 2. The molecule has 1 heterocycles. The Hall–Kier alpha value is -0.280. The second-order valence-electron chi connectivity index (χ2n) is 1.47. The lowest BCUT2D eigenvalue weighted by molar-refractivity contribution is -0.124. The molecule has 54 valence electrons. The molecule has 2 amide bonds. The fraction of sp³-hybridized carbons (Fsp3) is 0.500. The van der Waals surface area contributed by atoms with Crippen LogP contribution in [0, 0.1) is 0 Å². The summed E-state index contributed by atoms with van der Waals surface area (Å²) in [5.74, 6) is -0.296. The first-order chi connectivity index (χ1) is 3.29. The van der Waals surface area contributed by atoms with E-state index in [1.165, 1.54) is 0 Å². The van der Waals surface area contributed by atoms with Crippen LogP contribution in [0.15, 0.2) is 0 Å². The Balaban J connectivity index is 0. The Morgan fingerprint density at radius 1 is 1.00 bits per heavy atom. The summed E-state index contributed by atoms with van der Waals surface area (Å²) in [5.41, 5.74) is 0. The van der Waals surface area contributed by atoms with Crippen LogP contribution >= 0.6 is 24.8 Å². The predicted octanol–water partition coefficient (Wildman–Crippen LogP) is 0.267. The molecule has 1 saturated heterocycles. The topological polar surface area (TPSA) is 46.2 Å². The van der Waals surface area contributed by atoms with Crippen molar-refractivity contribution < 1.29 is 9.59 Å². The van der Waals surface area contributed by atoms with Gasteiger partial charge < -0.3 is 0 Å². The molecule has 1 aliphatic heterocycles. The maximum atomic E-state index is 10.1. The molecule has 0 aromatic heterocycles. The Morgan fingerprint density at radius 3 is 1.44 bits per heavy atom. The van der Waals surface area contributed by atoms with E-state index >= 15 is 0 Å². The number of hydrogen-bond donors (Lipinski definition) is 1. The molecule has 0 unspecified atom stereocenters. The Morgan fingerprint density at radius 2 is 1.33 bits per heavy atom. The molecule has 1 N–H and O–H groups in total. The van der Waals surface area contributed by atoms with Gasteiger partial charge in [-0.2, -0.15) is 0 Å². The van der Waals surface area contributed by atoms with Crippen molar-refractivity contribution in [2.75, 3.05) is 0 Å². The van der Waals surface area contributed by atoms with Crippen molar-refractivity contribution in [2.24, 2.45) is 0 Å². The number of carbonyl (C=O) groups is 2. The van der Waals surface area contributed by atoms with Crippen molar-refractivity contribution in [2.45, 2.75) is 12.8 Å². The van der Waals surface area contributed by atoms with E-state index in [2.05, 4.69) is 5.32 Å². The monoisotopic (exact) mass is 171 g/mol. The standard InChI is InChI=1S/C4H5NO2.2ClH/c6-3-1-2-4(7)5-3;;/h1-2H2,(H,5,6,7);2*1H. The van der Waals surface area contributed by atoms with Gasteiger partial charge >= 0.3 is 0 Å². The molecule has 0 aromatic carbocycles. The van der Waals surface area contributed by atoms with Gasteiger partial charge in [0.25, 0.3) is 0 Å². The van der Waals surface area contributed by atoms with Crippen molar-refractivity contribution in [3.8, 4) is 0 Å². The molecule has 0 aromatic rings. The number of hydrogen-bond acceptors (Lipinski definition) is 2. The minimum absolute atomic E-state index is 0. The summed E-state index contributed by atoms with van der Waals surface area (Å²) < 4.78 is 0. The Labute approximate surface area is 65.0 Å². The number of imide groups is 1. The van der Waals surface area contributed by atoms with Gasteiger partial charge in [0, 0.05) is 12.8 Å². The van der Waals surface area contributed by atoms with Gasteiger partial charge in [0.2, 0.25) is 11.8 Å². The Kier molecular flexibility index (Phi) is 5.86. The fourth-order valence-corrected chi connectivity index (χ4v) is 0.508. The summed E-state index contributed by atoms with van der Waals surface area (Å²) in [6.45, 7) is 0. The summed E-state index contributed by atoms with van der Waals surface area (Å²) >= 11 is 0. The third-order valence-corrected chi connectivity index (χ3v) is 0.858. The van der Waals surface area contributed by atoms with Crippen LogP contribution in [0.4, 0.5) is 0 Å². The van der Waals surface area contributed by atoms with E-state index in [1.54, 1.807) is 0 Å². The highest BCUT2D eigenvalue weighted by atomic mass is 35.5. The lowest BCUT2D eigenvalue weighted by Crippen LogP contribution is -2.18. The first kappa shape index (κ1) is 11.5. The van der Waals surface area contributed by atoms with Crippen LogP contribution in [-0.2, 0) is 9.59 Å². The zero-order chi connectivity index (χ0) is 5.28. The molecule has 9 heavy (non-hydrogen) atoms. The van der Waals surface area contributed by atoms with E-state index in [9.17, 15) is 9.59 Å². The average molecular weight is 172 g/mol. The predicted molar refractivity (Wildman–Crippen MR) is 36.9 cm³/mol. The van der Waals surface area contributed by atoms with Gasteiger partial charge in [-0.15, -0.1) is 24.8 Å². The van der Waals surface area contributed by atoms with E-state index in [0.717, 1.165) is 0 Å². The highest BCUT2D eigenvalue weighted by Gasteiger charge is 2.15. The highest BCUT2D eigenvalue weighted by molar-refractivity contribution is 6.01. The van der Waals surface area contributed by atoms with Gasteiger partial charge in [0.15, 0.2) is 0 Å². The minimum atomic E-state index is -0.148. The molecule has 1 fully saturated rings. The normalized spacial score (nSPS) is 15.6. The molecule has 1 rings (SSSR count). The number of amides is 2. The first-order valence-electron chi connectivity index (χ1n) is 2.12. The molecule has 3 nitrogen and oxygen atoms in total. The van der Waals surface area contributed by atoms with Crippen LogP contribution in [0.3, 0.4) is 0 Å². The summed E-state index contributed by atoms with van der Waals surface area (Å²) in [4.78, 5) is 20.2. The molecular weight excluding hydrogens is 165 g/mol. The fourth-order valence-electron chi connectivity index (χ4n) is 0.508.